The SMILES string of the molecule is c1cc2nc(c1)CN[C@@H]1CCCC[C@@H]1NCCN[C@H]1CCCC[C@H]1NC2. The van der Waals surface area contributed by atoms with Crippen molar-refractivity contribution < 1.29 is 0 Å². The average molecular weight is 358 g/mol. The molecule has 0 amide bonds. The summed E-state index contributed by atoms with van der Waals surface area (Å²) in [5, 5.41) is 15.2. The summed E-state index contributed by atoms with van der Waals surface area (Å²) < 4.78 is 0. The van der Waals surface area contributed by atoms with Gasteiger partial charge in [0.05, 0.1) is 11.4 Å². The molecule has 2 aliphatic carbocycles. The summed E-state index contributed by atoms with van der Waals surface area (Å²) in [6.07, 6.45) is 10.5. The highest BCUT2D eigenvalue weighted by Crippen LogP contribution is 2.20. The minimum Gasteiger partial charge on any atom is -0.311 e. The van der Waals surface area contributed by atoms with Crippen LogP contribution < -0.4 is 21.3 Å². The molecule has 2 heterocycles. The Hall–Kier alpha value is -1.01. The Morgan fingerprint density at radius 2 is 1.04 bits per heavy atom. The van der Waals surface area contributed by atoms with Crippen molar-refractivity contribution in [1.29, 1.82) is 0 Å². The second-order valence-electron chi connectivity index (χ2n) is 8.29. The summed E-state index contributed by atoms with van der Waals surface area (Å²) in [4.78, 5) is 4.89. The van der Waals surface area contributed by atoms with Gasteiger partial charge in [-0.05, 0) is 37.8 Å². The van der Waals surface area contributed by atoms with Gasteiger partial charge in [-0.1, -0.05) is 31.7 Å². The second kappa shape index (κ2) is 9.27. The maximum Gasteiger partial charge on any atom is 0.0545 e. The van der Waals surface area contributed by atoms with Crippen LogP contribution in [0.2, 0.25) is 0 Å². The van der Waals surface area contributed by atoms with Crippen LogP contribution in [0.1, 0.15) is 62.8 Å². The van der Waals surface area contributed by atoms with Gasteiger partial charge in [0.1, 0.15) is 0 Å². The topological polar surface area (TPSA) is 61.0 Å². The summed E-state index contributed by atoms with van der Waals surface area (Å²) in [6.45, 7) is 3.89. The highest BCUT2D eigenvalue weighted by Gasteiger charge is 2.26. The van der Waals surface area contributed by atoms with Crippen molar-refractivity contribution in [2.45, 2.75) is 88.6 Å². The molecular weight excluding hydrogens is 322 g/mol. The third-order valence-corrected chi connectivity index (χ3v) is 6.43. The van der Waals surface area contributed by atoms with Crippen LogP contribution >= 0.6 is 0 Å². The van der Waals surface area contributed by atoms with E-state index in [1.807, 2.05) is 0 Å². The molecule has 144 valence electrons. The lowest BCUT2D eigenvalue weighted by molar-refractivity contribution is 0.266. The van der Waals surface area contributed by atoms with E-state index in [0.29, 0.717) is 24.2 Å². The second-order valence-corrected chi connectivity index (χ2v) is 8.29. The summed E-state index contributed by atoms with van der Waals surface area (Å²) in [5.41, 5.74) is 2.34. The highest BCUT2D eigenvalue weighted by molar-refractivity contribution is 5.12. The van der Waals surface area contributed by atoms with Gasteiger partial charge < -0.3 is 21.3 Å². The first-order chi connectivity index (χ1) is 12.9. The third-order valence-electron chi connectivity index (χ3n) is 6.43. The Kier molecular flexibility index (Phi) is 6.54. The zero-order valence-electron chi connectivity index (χ0n) is 16.0. The van der Waals surface area contributed by atoms with Crippen LogP contribution in [0.25, 0.3) is 0 Å². The number of hydrogen-bond donors (Lipinski definition) is 4. The molecule has 1 aliphatic heterocycles. The number of fused-ring (bicyclic) bond motifs is 4. The molecular formula is C21H35N5. The molecule has 3 aliphatic rings. The van der Waals surface area contributed by atoms with Gasteiger partial charge in [0, 0.05) is 50.3 Å². The van der Waals surface area contributed by atoms with Crippen molar-refractivity contribution in [2.75, 3.05) is 13.1 Å². The highest BCUT2D eigenvalue weighted by atomic mass is 15.1. The van der Waals surface area contributed by atoms with E-state index in [2.05, 4.69) is 39.5 Å². The molecule has 1 aromatic rings. The van der Waals surface area contributed by atoms with E-state index in [1.54, 1.807) is 0 Å². The van der Waals surface area contributed by atoms with Crippen molar-refractivity contribution in [3.8, 4) is 0 Å². The molecule has 4 rings (SSSR count). The average Bonchev–Trinajstić information content (AvgIpc) is 2.69. The molecule has 0 radical (unpaired) electrons. The molecule has 0 saturated heterocycles. The van der Waals surface area contributed by atoms with E-state index in [-0.39, 0.29) is 0 Å². The quantitative estimate of drug-likeness (QED) is 0.573. The smallest absolute Gasteiger partial charge is 0.0545 e. The number of hydrogen-bond acceptors (Lipinski definition) is 5. The predicted octanol–water partition coefficient (Wildman–Crippen LogP) is 2.08. The van der Waals surface area contributed by atoms with E-state index in [0.717, 1.165) is 26.2 Å². The summed E-state index contributed by atoms with van der Waals surface area (Å²) in [5.74, 6) is 0. The Morgan fingerprint density at radius 1 is 0.615 bits per heavy atom. The number of nitrogens with zero attached hydrogens (tertiary/aromatic N) is 1. The molecule has 26 heavy (non-hydrogen) atoms. The maximum atomic E-state index is 4.89. The van der Waals surface area contributed by atoms with Crippen molar-refractivity contribution in [3.05, 3.63) is 29.6 Å². The van der Waals surface area contributed by atoms with Crippen LogP contribution in [-0.2, 0) is 13.1 Å². The van der Waals surface area contributed by atoms with Gasteiger partial charge in [0.2, 0.25) is 0 Å². The largest absolute Gasteiger partial charge is 0.311 e. The predicted molar refractivity (Wildman–Crippen MR) is 106 cm³/mol. The van der Waals surface area contributed by atoms with Gasteiger partial charge >= 0.3 is 0 Å². The van der Waals surface area contributed by atoms with Crippen LogP contribution in [0, 0.1) is 0 Å². The third kappa shape index (κ3) is 4.83. The molecule has 4 atom stereocenters. The summed E-state index contributed by atoms with van der Waals surface area (Å²) in [6, 6.07) is 8.81. The summed E-state index contributed by atoms with van der Waals surface area (Å²) >= 11 is 0. The maximum absolute atomic E-state index is 4.89. The van der Waals surface area contributed by atoms with Gasteiger partial charge in [0.15, 0.2) is 0 Å². The molecule has 2 saturated carbocycles. The number of pyridine rings is 1. The fourth-order valence-corrected chi connectivity index (χ4v) is 4.95. The van der Waals surface area contributed by atoms with Gasteiger partial charge in [-0.3, -0.25) is 4.98 Å². The van der Waals surface area contributed by atoms with Crippen LogP contribution in [0.5, 0.6) is 0 Å². The van der Waals surface area contributed by atoms with Crippen LogP contribution in [-0.4, -0.2) is 42.2 Å². The van der Waals surface area contributed by atoms with Crippen molar-refractivity contribution in [1.82, 2.24) is 26.3 Å². The minimum atomic E-state index is 0.569. The lowest BCUT2D eigenvalue weighted by atomic mass is 9.89. The first-order valence-corrected chi connectivity index (χ1v) is 10.8. The Morgan fingerprint density at radius 3 is 1.50 bits per heavy atom. The standard InChI is InChI=1S/C21H35N5/c1-3-10-20-18(8-1)22-12-13-23-19-9-2-4-11-21(19)25-15-17-7-5-6-16(26-17)14-24-20/h5-7,18-25H,1-4,8-15H2/t18-,19-,20+,21+/m0/s1. The van der Waals surface area contributed by atoms with Crippen molar-refractivity contribution >= 4 is 0 Å². The van der Waals surface area contributed by atoms with Gasteiger partial charge in [-0.15, -0.1) is 0 Å². The molecule has 4 N–H and O–H groups in total. The van der Waals surface area contributed by atoms with Gasteiger partial charge in [-0.2, -0.15) is 0 Å². The molecule has 0 aromatic carbocycles. The zero-order valence-corrected chi connectivity index (χ0v) is 16.0. The molecule has 0 spiro atoms. The molecule has 2 fully saturated rings. The van der Waals surface area contributed by atoms with E-state index >= 15 is 0 Å². The van der Waals surface area contributed by atoms with Crippen LogP contribution in [0.3, 0.4) is 0 Å². The number of nitrogens with one attached hydrogen (secondary N) is 4. The van der Waals surface area contributed by atoms with E-state index < -0.39 is 0 Å². The first kappa shape index (κ1) is 18.4. The zero-order chi connectivity index (χ0) is 17.6. The van der Waals surface area contributed by atoms with Crippen LogP contribution in [0.15, 0.2) is 18.2 Å². The Bertz CT molecular complexity index is 518. The van der Waals surface area contributed by atoms with Crippen LogP contribution in [0.4, 0.5) is 0 Å². The van der Waals surface area contributed by atoms with E-state index in [4.69, 9.17) is 4.98 Å². The van der Waals surface area contributed by atoms with Gasteiger partial charge in [0.25, 0.3) is 0 Å². The fraction of sp³-hybridized carbons (Fsp3) is 0.762. The number of aromatic nitrogens is 1. The van der Waals surface area contributed by atoms with Crippen molar-refractivity contribution in [2.24, 2.45) is 0 Å². The fourth-order valence-electron chi connectivity index (χ4n) is 4.95. The Labute approximate surface area is 158 Å². The molecule has 0 unspecified atom stereocenters. The Balaban J connectivity index is 1.47. The van der Waals surface area contributed by atoms with E-state index in [1.165, 1.54) is 62.8 Å². The van der Waals surface area contributed by atoms with Crippen molar-refractivity contribution in [3.63, 3.8) is 0 Å². The number of rotatable bonds is 0. The molecule has 5 nitrogen and oxygen atoms in total. The van der Waals surface area contributed by atoms with Gasteiger partial charge in [-0.25, -0.2) is 0 Å². The summed E-state index contributed by atoms with van der Waals surface area (Å²) in [7, 11) is 0. The normalized spacial score (nSPS) is 34.0. The molecule has 5 heteroatoms. The first-order valence-electron chi connectivity index (χ1n) is 10.8. The minimum absolute atomic E-state index is 0.569. The van der Waals surface area contributed by atoms with E-state index in [9.17, 15) is 0 Å². The monoisotopic (exact) mass is 357 g/mol. The lowest BCUT2D eigenvalue weighted by Gasteiger charge is -2.34. The molecule has 1 aromatic heterocycles. The lowest BCUT2D eigenvalue weighted by Crippen LogP contribution is -2.53. The molecule has 2 bridgehead atoms.